The van der Waals surface area contributed by atoms with Gasteiger partial charge in [-0.25, -0.2) is 4.98 Å². The molecule has 19 heavy (non-hydrogen) atoms. The van der Waals surface area contributed by atoms with Gasteiger partial charge in [-0.2, -0.15) is 0 Å². The van der Waals surface area contributed by atoms with Crippen LogP contribution in [0, 0.1) is 0 Å². The fourth-order valence-electron chi connectivity index (χ4n) is 2.10. The highest BCUT2D eigenvalue weighted by Gasteiger charge is 2.02. The van der Waals surface area contributed by atoms with Crippen molar-refractivity contribution in [2.24, 2.45) is 0 Å². The number of nitrogens with two attached hydrogens (primary N) is 1. The van der Waals surface area contributed by atoms with Crippen molar-refractivity contribution < 1.29 is 0 Å². The standard InChI is InChI=1S/C15H15N3S/c16-14-8-12-4-2-1-3-11(12)7-13(14)9-17-10-15-18-5-6-19-15/h1-8,17H,9-10,16H2. The Kier molecular flexibility index (Phi) is 3.44. The van der Waals surface area contributed by atoms with E-state index in [9.17, 15) is 0 Å². The first-order valence-corrected chi connectivity index (χ1v) is 7.07. The monoisotopic (exact) mass is 269 g/mol. The first-order valence-electron chi connectivity index (χ1n) is 6.19. The molecular formula is C15H15N3S. The van der Waals surface area contributed by atoms with E-state index in [4.69, 9.17) is 5.73 Å². The molecule has 4 heteroatoms. The van der Waals surface area contributed by atoms with E-state index < -0.39 is 0 Å². The molecule has 0 bridgehead atoms. The Bertz CT molecular complexity index is 677. The fourth-order valence-corrected chi connectivity index (χ4v) is 2.69. The smallest absolute Gasteiger partial charge is 0.106 e. The van der Waals surface area contributed by atoms with Crippen molar-refractivity contribution in [2.75, 3.05) is 5.73 Å². The lowest BCUT2D eigenvalue weighted by atomic mass is 10.1. The van der Waals surface area contributed by atoms with Crippen LogP contribution in [0.5, 0.6) is 0 Å². The zero-order valence-corrected chi connectivity index (χ0v) is 11.3. The van der Waals surface area contributed by atoms with Gasteiger partial charge in [0.25, 0.3) is 0 Å². The van der Waals surface area contributed by atoms with E-state index >= 15 is 0 Å². The van der Waals surface area contributed by atoms with E-state index in [1.807, 2.05) is 29.8 Å². The molecule has 0 radical (unpaired) electrons. The number of fused-ring (bicyclic) bond motifs is 1. The van der Waals surface area contributed by atoms with Gasteiger partial charge in [-0.1, -0.05) is 24.3 Å². The topological polar surface area (TPSA) is 50.9 Å². The molecule has 0 amide bonds. The molecule has 0 fully saturated rings. The van der Waals surface area contributed by atoms with Gasteiger partial charge < -0.3 is 11.1 Å². The molecule has 3 aromatic rings. The molecule has 0 unspecified atom stereocenters. The zero-order chi connectivity index (χ0) is 13.1. The zero-order valence-electron chi connectivity index (χ0n) is 10.5. The third-order valence-corrected chi connectivity index (χ3v) is 3.86. The SMILES string of the molecule is Nc1cc2ccccc2cc1CNCc1nccs1. The first kappa shape index (κ1) is 12.1. The highest BCUT2D eigenvalue weighted by Crippen LogP contribution is 2.21. The van der Waals surface area contributed by atoms with Crippen molar-refractivity contribution in [1.82, 2.24) is 10.3 Å². The summed E-state index contributed by atoms with van der Waals surface area (Å²) in [7, 11) is 0. The minimum atomic E-state index is 0.760. The predicted molar refractivity (Wildman–Crippen MR) is 81.0 cm³/mol. The normalized spacial score (nSPS) is 10.9. The van der Waals surface area contributed by atoms with Crippen LogP contribution in [0.15, 0.2) is 48.0 Å². The number of aromatic nitrogens is 1. The van der Waals surface area contributed by atoms with Crippen LogP contribution in [0.4, 0.5) is 5.69 Å². The summed E-state index contributed by atoms with van der Waals surface area (Å²) in [4.78, 5) is 4.24. The molecule has 1 heterocycles. The Hall–Kier alpha value is -1.91. The lowest BCUT2D eigenvalue weighted by molar-refractivity contribution is 0.691. The van der Waals surface area contributed by atoms with Crippen LogP contribution in [0.3, 0.4) is 0 Å². The second-order valence-electron chi connectivity index (χ2n) is 4.43. The quantitative estimate of drug-likeness (QED) is 0.715. The molecule has 0 spiro atoms. The van der Waals surface area contributed by atoms with Gasteiger partial charge in [0.1, 0.15) is 5.01 Å². The third-order valence-electron chi connectivity index (χ3n) is 3.08. The van der Waals surface area contributed by atoms with Crippen LogP contribution in [0.2, 0.25) is 0 Å². The van der Waals surface area contributed by atoms with E-state index in [0.717, 1.165) is 29.3 Å². The minimum Gasteiger partial charge on any atom is -0.398 e. The molecule has 1 aromatic heterocycles. The maximum atomic E-state index is 6.09. The molecule has 2 aromatic carbocycles. The number of nitrogens with one attached hydrogen (secondary N) is 1. The largest absolute Gasteiger partial charge is 0.398 e. The second kappa shape index (κ2) is 5.38. The van der Waals surface area contributed by atoms with Crippen molar-refractivity contribution >= 4 is 27.8 Å². The number of nitrogens with zero attached hydrogens (tertiary/aromatic N) is 1. The number of thiazole rings is 1. The van der Waals surface area contributed by atoms with Crippen LogP contribution in [-0.4, -0.2) is 4.98 Å². The van der Waals surface area contributed by atoms with Gasteiger partial charge in [-0.15, -0.1) is 11.3 Å². The van der Waals surface area contributed by atoms with Crippen LogP contribution in [-0.2, 0) is 13.1 Å². The Morgan fingerprint density at radius 1 is 1.11 bits per heavy atom. The number of benzene rings is 2. The molecule has 3 nitrogen and oxygen atoms in total. The minimum absolute atomic E-state index is 0.760. The molecule has 3 N–H and O–H groups in total. The predicted octanol–water partition coefficient (Wildman–Crippen LogP) is 3.17. The summed E-state index contributed by atoms with van der Waals surface area (Å²) in [5.74, 6) is 0. The summed E-state index contributed by atoms with van der Waals surface area (Å²) in [5.41, 5.74) is 8.07. The summed E-state index contributed by atoms with van der Waals surface area (Å²) in [5, 5.41) is 8.87. The van der Waals surface area contributed by atoms with E-state index in [2.05, 4.69) is 28.5 Å². The van der Waals surface area contributed by atoms with Crippen LogP contribution >= 0.6 is 11.3 Å². The van der Waals surface area contributed by atoms with Crippen molar-refractivity contribution in [1.29, 1.82) is 0 Å². The Morgan fingerprint density at radius 3 is 2.63 bits per heavy atom. The van der Waals surface area contributed by atoms with E-state index in [1.54, 1.807) is 11.3 Å². The van der Waals surface area contributed by atoms with Crippen molar-refractivity contribution in [3.05, 3.63) is 58.5 Å². The maximum Gasteiger partial charge on any atom is 0.106 e. The van der Waals surface area contributed by atoms with Gasteiger partial charge in [0.15, 0.2) is 0 Å². The Labute approximate surface area is 116 Å². The van der Waals surface area contributed by atoms with Crippen LogP contribution < -0.4 is 11.1 Å². The van der Waals surface area contributed by atoms with Gasteiger partial charge in [-0.05, 0) is 28.5 Å². The summed E-state index contributed by atoms with van der Waals surface area (Å²) >= 11 is 1.66. The molecule has 0 saturated heterocycles. The molecule has 0 saturated carbocycles. The lowest BCUT2D eigenvalue weighted by Crippen LogP contribution is -2.13. The van der Waals surface area contributed by atoms with Crippen molar-refractivity contribution in [2.45, 2.75) is 13.1 Å². The highest BCUT2D eigenvalue weighted by atomic mass is 32.1. The van der Waals surface area contributed by atoms with Crippen LogP contribution in [0.25, 0.3) is 10.8 Å². The molecule has 0 aliphatic carbocycles. The number of anilines is 1. The number of rotatable bonds is 4. The lowest BCUT2D eigenvalue weighted by Gasteiger charge is -2.08. The Balaban J connectivity index is 1.75. The molecule has 96 valence electrons. The maximum absolute atomic E-state index is 6.09. The van der Waals surface area contributed by atoms with Crippen molar-refractivity contribution in [3.8, 4) is 0 Å². The van der Waals surface area contributed by atoms with Gasteiger partial charge in [0.05, 0.1) is 0 Å². The third kappa shape index (κ3) is 2.75. The number of hydrogen-bond acceptors (Lipinski definition) is 4. The van der Waals surface area contributed by atoms with E-state index in [-0.39, 0.29) is 0 Å². The van der Waals surface area contributed by atoms with Gasteiger partial charge in [0.2, 0.25) is 0 Å². The summed E-state index contributed by atoms with van der Waals surface area (Å²) in [6.07, 6.45) is 1.83. The molecule has 0 atom stereocenters. The average molecular weight is 269 g/mol. The fraction of sp³-hybridized carbons (Fsp3) is 0.133. The summed E-state index contributed by atoms with van der Waals surface area (Å²) in [6, 6.07) is 12.5. The van der Waals surface area contributed by atoms with Gasteiger partial charge in [-0.3, -0.25) is 0 Å². The first-order chi connectivity index (χ1) is 9.33. The molecule has 0 aliphatic rings. The molecule has 3 rings (SSSR count). The summed E-state index contributed by atoms with van der Waals surface area (Å²) in [6.45, 7) is 1.54. The average Bonchev–Trinajstić information content (AvgIpc) is 2.92. The molecule has 0 aliphatic heterocycles. The Morgan fingerprint density at radius 2 is 1.89 bits per heavy atom. The van der Waals surface area contributed by atoms with Gasteiger partial charge in [0, 0.05) is 30.4 Å². The summed E-state index contributed by atoms with van der Waals surface area (Å²) < 4.78 is 0. The van der Waals surface area contributed by atoms with Crippen molar-refractivity contribution in [3.63, 3.8) is 0 Å². The second-order valence-corrected chi connectivity index (χ2v) is 5.41. The number of hydrogen-bond donors (Lipinski definition) is 2. The van der Waals surface area contributed by atoms with E-state index in [0.29, 0.717) is 0 Å². The van der Waals surface area contributed by atoms with E-state index in [1.165, 1.54) is 10.8 Å². The van der Waals surface area contributed by atoms with Crippen LogP contribution in [0.1, 0.15) is 10.6 Å². The van der Waals surface area contributed by atoms with Gasteiger partial charge >= 0.3 is 0 Å². The highest BCUT2D eigenvalue weighted by molar-refractivity contribution is 7.09. The number of nitrogen functional groups attached to an aromatic ring is 1. The molecular weight excluding hydrogens is 254 g/mol.